The molecule has 7 nitrogen and oxygen atoms in total. The Hall–Kier alpha value is -3.52. The van der Waals surface area contributed by atoms with Crippen LogP contribution in [0.1, 0.15) is 11.1 Å². The summed E-state index contributed by atoms with van der Waals surface area (Å²) in [6.45, 7) is 3.79. The van der Waals surface area contributed by atoms with E-state index in [1.54, 1.807) is 42.7 Å². The summed E-state index contributed by atoms with van der Waals surface area (Å²) in [7, 11) is -3.99. The fourth-order valence-electron chi connectivity index (χ4n) is 2.98. The van der Waals surface area contributed by atoms with Crippen molar-refractivity contribution in [1.29, 1.82) is 5.41 Å². The van der Waals surface area contributed by atoms with Crippen LogP contribution in [0.25, 0.3) is 5.65 Å². The number of benzene rings is 1. The van der Waals surface area contributed by atoms with Gasteiger partial charge in [-0.2, -0.15) is 0 Å². The monoisotopic (exact) mass is 405 g/mol. The first-order valence-electron chi connectivity index (χ1n) is 8.94. The van der Waals surface area contributed by atoms with Gasteiger partial charge in [0.15, 0.2) is 16.2 Å². The maximum atomic E-state index is 13.4. The zero-order valence-electron chi connectivity index (χ0n) is 15.9. The van der Waals surface area contributed by atoms with Crippen molar-refractivity contribution in [2.75, 3.05) is 5.32 Å². The second-order valence-corrected chi connectivity index (χ2v) is 8.62. The molecule has 3 aromatic heterocycles. The van der Waals surface area contributed by atoms with Gasteiger partial charge in [-0.1, -0.05) is 30.3 Å². The van der Waals surface area contributed by atoms with Crippen LogP contribution in [0.15, 0.2) is 76.8 Å². The number of hydrogen-bond acceptors (Lipinski definition) is 6. The van der Waals surface area contributed by atoms with Crippen molar-refractivity contribution in [2.45, 2.75) is 23.6 Å². The normalized spacial score (nSPS) is 11.5. The summed E-state index contributed by atoms with van der Waals surface area (Å²) in [6.07, 6.45) is 3.37. The van der Waals surface area contributed by atoms with Gasteiger partial charge in [0.2, 0.25) is 9.84 Å². The molecule has 0 atom stereocenters. The molecule has 0 radical (unpaired) electrons. The smallest absolute Gasteiger partial charge is 0.213 e. The third-order valence-electron chi connectivity index (χ3n) is 4.45. The molecule has 0 spiro atoms. The highest BCUT2D eigenvalue weighted by Gasteiger charge is 2.26. The largest absolute Gasteiger partial charge is 0.324 e. The molecule has 2 N–H and O–H groups in total. The van der Waals surface area contributed by atoms with E-state index in [9.17, 15) is 8.42 Å². The van der Waals surface area contributed by atoms with Gasteiger partial charge in [0.25, 0.3) is 0 Å². The van der Waals surface area contributed by atoms with E-state index in [0.29, 0.717) is 11.5 Å². The lowest BCUT2D eigenvalue weighted by Crippen LogP contribution is -2.25. The van der Waals surface area contributed by atoms with E-state index in [2.05, 4.69) is 15.3 Å². The Bertz CT molecular complexity index is 1360. The fourth-order valence-corrected chi connectivity index (χ4v) is 4.43. The van der Waals surface area contributed by atoms with Crippen LogP contribution in [0.5, 0.6) is 0 Å². The van der Waals surface area contributed by atoms with E-state index >= 15 is 0 Å². The van der Waals surface area contributed by atoms with Crippen molar-refractivity contribution >= 4 is 27.1 Å². The standard InChI is InChI=1S/C21H19N5O2S/c1-14-8-10-17(23-12-14)24-21-19(29(27,28)16-6-4-3-5-7-16)20(22)26-13-15(2)9-11-18(26)25-21/h3-13,22H,1-2H3,(H,23,24). The Morgan fingerprint density at radius 1 is 0.966 bits per heavy atom. The number of nitrogens with zero attached hydrogens (tertiary/aromatic N) is 3. The first kappa shape index (κ1) is 18.8. The van der Waals surface area contributed by atoms with Crippen LogP contribution >= 0.6 is 0 Å². The number of pyridine rings is 2. The van der Waals surface area contributed by atoms with Gasteiger partial charge in [-0.25, -0.2) is 18.4 Å². The molecule has 0 amide bonds. The topological polar surface area (TPSA) is 100 Å². The average molecular weight is 405 g/mol. The molecular formula is C21H19N5O2S. The van der Waals surface area contributed by atoms with E-state index < -0.39 is 9.84 Å². The first-order valence-corrected chi connectivity index (χ1v) is 10.4. The van der Waals surface area contributed by atoms with Crippen LogP contribution in [0.2, 0.25) is 0 Å². The number of anilines is 2. The third-order valence-corrected chi connectivity index (χ3v) is 6.27. The Kier molecular flexibility index (Phi) is 4.63. The molecular weight excluding hydrogens is 386 g/mol. The molecule has 0 bridgehead atoms. The lowest BCUT2D eigenvalue weighted by Gasteiger charge is -2.14. The van der Waals surface area contributed by atoms with Crippen LogP contribution in [-0.4, -0.2) is 22.8 Å². The lowest BCUT2D eigenvalue weighted by atomic mass is 10.3. The molecule has 4 rings (SSSR count). The van der Waals surface area contributed by atoms with Crippen LogP contribution in [0, 0.1) is 19.3 Å². The number of nitrogens with one attached hydrogen (secondary N) is 2. The zero-order chi connectivity index (χ0) is 20.6. The molecule has 8 heteroatoms. The van der Waals surface area contributed by atoms with Gasteiger partial charge in [0.1, 0.15) is 11.5 Å². The Balaban J connectivity index is 2.01. The van der Waals surface area contributed by atoms with Crippen molar-refractivity contribution in [3.8, 4) is 0 Å². The molecule has 0 fully saturated rings. The van der Waals surface area contributed by atoms with Gasteiger partial charge < -0.3 is 5.32 Å². The Labute approximate surface area is 168 Å². The minimum Gasteiger partial charge on any atom is -0.324 e. The van der Waals surface area contributed by atoms with Crippen molar-refractivity contribution in [3.05, 3.63) is 83.6 Å². The number of sulfone groups is 1. The molecule has 0 aliphatic carbocycles. The summed E-state index contributed by atoms with van der Waals surface area (Å²) in [4.78, 5) is 8.68. The van der Waals surface area contributed by atoms with Gasteiger partial charge >= 0.3 is 0 Å². The van der Waals surface area contributed by atoms with Crippen molar-refractivity contribution in [3.63, 3.8) is 0 Å². The van der Waals surface area contributed by atoms with Gasteiger partial charge in [0.05, 0.1) is 4.90 Å². The molecule has 4 aromatic rings. The van der Waals surface area contributed by atoms with E-state index in [-0.39, 0.29) is 21.1 Å². The molecule has 0 saturated heterocycles. The van der Waals surface area contributed by atoms with Gasteiger partial charge in [0, 0.05) is 12.4 Å². The minimum absolute atomic E-state index is 0.0686. The second-order valence-electron chi connectivity index (χ2n) is 6.74. The van der Waals surface area contributed by atoms with Crippen molar-refractivity contribution < 1.29 is 8.42 Å². The zero-order valence-corrected chi connectivity index (χ0v) is 16.7. The molecule has 146 valence electrons. The van der Waals surface area contributed by atoms with Crippen LogP contribution in [0.3, 0.4) is 0 Å². The number of rotatable bonds is 4. The van der Waals surface area contributed by atoms with Crippen LogP contribution in [-0.2, 0) is 9.84 Å². The summed E-state index contributed by atoms with van der Waals surface area (Å²) >= 11 is 0. The lowest BCUT2D eigenvalue weighted by molar-refractivity contribution is 0.593. The molecule has 0 saturated carbocycles. The second kappa shape index (κ2) is 7.14. The number of fused-ring (bicyclic) bond motifs is 1. The molecule has 0 aliphatic rings. The fraction of sp³-hybridized carbons (Fsp3) is 0.0952. The summed E-state index contributed by atoms with van der Waals surface area (Å²) < 4.78 is 28.3. The summed E-state index contributed by atoms with van der Waals surface area (Å²) in [5.74, 6) is 0.516. The number of aryl methyl sites for hydroxylation is 2. The highest BCUT2D eigenvalue weighted by molar-refractivity contribution is 7.91. The molecule has 3 heterocycles. The van der Waals surface area contributed by atoms with E-state index in [0.717, 1.165) is 11.1 Å². The number of hydrogen-bond donors (Lipinski definition) is 2. The number of aromatic nitrogens is 3. The SMILES string of the molecule is Cc1ccc(Nc2nc3ccc(C)cn3c(=N)c2S(=O)(=O)c2ccccc2)nc1. The predicted molar refractivity (Wildman–Crippen MR) is 110 cm³/mol. The highest BCUT2D eigenvalue weighted by Crippen LogP contribution is 2.26. The molecule has 1 aromatic carbocycles. The molecule has 0 unspecified atom stereocenters. The minimum atomic E-state index is -3.99. The average Bonchev–Trinajstić information content (AvgIpc) is 2.71. The Morgan fingerprint density at radius 3 is 2.38 bits per heavy atom. The van der Waals surface area contributed by atoms with Crippen molar-refractivity contribution in [1.82, 2.24) is 14.4 Å². The highest BCUT2D eigenvalue weighted by atomic mass is 32.2. The summed E-state index contributed by atoms with van der Waals surface area (Å²) in [5.41, 5.74) is 2.16. The summed E-state index contributed by atoms with van der Waals surface area (Å²) in [6, 6.07) is 15.3. The first-order chi connectivity index (χ1) is 13.9. The van der Waals surface area contributed by atoms with E-state index in [1.165, 1.54) is 16.5 Å². The van der Waals surface area contributed by atoms with Gasteiger partial charge in [-0.3, -0.25) is 9.81 Å². The molecule has 29 heavy (non-hydrogen) atoms. The van der Waals surface area contributed by atoms with Gasteiger partial charge in [-0.05, 0) is 49.2 Å². The predicted octanol–water partition coefficient (Wildman–Crippen LogP) is 3.40. The van der Waals surface area contributed by atoms with Crippen LogP contribution in [0.4, 0.5) is 11.6 Å². The third kappa shape index (κ3) is 3.50. The summed E-state index contributed by atoms with van der Waals surface area (Å²) in [5, 5.41) is 11.7. The van der Waals surface area contributed by atoms with Gasteiger partial charge in [-0.15, -0.1) is 0 Å². The van der Waals surface area contributed by atoms with Crippen molar-refractivity contribution in [2.24, 2.45) is 0 Å². The van der Waals surface area contributed by atoms with Crippen LogP contribution < -0.4 is 10.8 Å². The quantitative estimate of drug-likeness (QED) is 0.542. The molecule has 0 aliphatic heterocycles. The van der Waals surface area contributed by atoms with E-state index in [1.807, 2.05) is 26.0 Å². The Morgan fingerprint density at radius 2 is 1.69 bits per heavy atom. The maximum absolute atomic E-state index is 13.4. The van der Waals surface area contributed by atoms with E-state index in [4.69, 9.17) is 5.41 Å². The maximum Gasteiger partial charge on any atom is 0.213 e.